The number of methoxy groups -OCH3 is 2. The summed E-state index contributed by atoms with van der Waals surface area (Å²) < 4.78 is 26.1. The summed E-state index contributed by atoms with van der Waals surface area (Å²) in [6.45, 7) is 5.56. The van der Waals surface area contributed by atoms with E-state index in [2.05, 4.69) is 0 Å². The Morgan fingerprint density at radius 2 is 1.95 bits per heavy atom. The lowest BCUT2D eigenvalue weighted by atomic mass is 9.83. The van der Waals surface area contributed by atoms with Crippen molar-refractivity contribution in [1.82, 2.24) is 0 Å². The van der Waals surface area contributed by atoms with Gasteiger partial charge < -0.3 is 9.47 Å². The van der Waals surface area contributed by atoms with E-state index < -0.39 is 13.7 Å². The molecule has 110 valence electrons. The fourth-order valence-electron chi connectivity index (χ4n) is 2.05. The van der Waals surface area contributed by atoms with Gasteiger partial charge in [0.15, 0.2) is 5.76 Å². The number of hydrogen-bond donors (Lipinski definition) is 1. The predicted molar refractivity (Wildman–Crippen MR) is 77.2 cm³/mol. The highest BCUT2D eigenvalue weighted by Crippen LogP contribution is 2.37. The molecular weight excluding hydrogens is 279 g/mol. The van der Waals surface area contributed by atoms with Crippen molar-refractivity contribution in [3.8, 4) is 11.5 Å². The summed E-state index contributed by atoms with van der Waals surface area (Å²) in [7, 11) is 0.536. The molecule has 1 unspecified atom stereocenters. The van der Waals surface area contributed by atoms with Crippen LogP contribution in [0.3, 0.4) is 0 Å². The summed E-state index contributed by atoms with van der Waals surface area (Å²) in [4.78, 5) is 8.77. The SMILES string of the molecule is COc1ccc(OC)c(C(C)(C)/C=C(\C)O[P+](=O)O)c1. The molecule has 1 aromatic rings. The van der Waals surface area contributed by atoms with Crippen LogP contribution in [-0.2, 0) is 14.5 Å². The third-order valence-electron chi connectivity index (χ3n) is 2.89. The molecule has 0 spiro atoms. The third kappa shape index (κ3) is 4.22. The van der Waals surface area contributed by atoms with Crippen molar-refractivity contribution >= 4 is 8.25 Å². The monoisotopic (exact) mass is 299 g/mol. The van der Waals surface area contributed by atoms with Crippen LogP contribution in [0.4, 0.5) is 0 Å². The van der Waals surface area contributed by atoms with Gasteiger partial charge in [0.25, 0.3) is 0 Å². The number of allylic oxidation sites excluding steroid dienone is 2. The molecule has 0 aliphatic rings. The highest BCUT2D eigenvalue weighted by Gasteiger charge is 2.25. The molecule has 1 N–H and O–H groups in total. The predicted octanol–water partition coefficient (Wildman–Crippen LogP) is 3.55. The molecule has 0 aliphatic heterocycles. The number of ether oxygens (including phenoxy) is 2. The highest BCUT2D eigenvalue weighted by molar-refractivity contribution is 7.32. The van der Waals surface area contributed by atoms with Gasteiger partial charge in [0.05, 0.1) is 14.2 Å². The maximum absolute atomic E-state index is 10.7. The van der Waals surface area contributed by atoms with Crippen molar-refractivity contribution in [1.29, 1.82) is 0 Å². The molecule has 0 heterocycles. The highest BCUT2D eigenvalue weighted by atomic mass is 31.1. The first-order valence-corrected chi connectivity index (χ1v) is 7.19. The first-order chi connectivity index (χ1) is 9.30. The van der Waals surface area contributed by atoms with Crippen molar-refractivity contribution in [2.24, 2.45) is 0 Å². The standard InChI is InChI=1S/C14H19O5P/c1-10(19-20(15)16)9-14(2,3)12-8-11(17-4)6-7-13(12)18-5/h6-9H,1-5H3/p+1/b10-9+. The van der Waals surface area contributed by atoms with Crippen molar-refractivity contribution in [2.45, 2.75) is 26.2 Å². The Morgan fingerprint density at radius 3 is 2.45 bits per heavy atom. The molecule has 1 atom stereocenters. The largest absolute Gasteiger partial charge is 0.747 e. The molecule has 5 nitrogen and oxygen atoms in total. The van der Waals surface area contributed by atoms with E-state index in [4.69, 9.17) is 18.9 Å². The van der Waals surface area contributed by atoms with E-state index in [0.29, 0.717) is 17.3 Å². The molecule has 0 fully saturated rings. The van der Waals surface area contributed by atoms with Crippen LogP contribution in [0.25, 0.3) is 0 Å². The number of hydrogen-bond acceptors (Lipinski definition) is 4. The molecular formula is C14H20O5P+. The minimum Gasteiger partial charge on any atom is -0.497 e. The fourth-order valence-corrected chi connectivity index (χ4v) is 2.35. The lowest BCUT2D eigenvalue weighted by Crippen LogP contribution is -2.16. The molecule has 0 aliphatic carbocycles. The Morgan fingerprint density at radius 1 is 1.30 bits per heavy atom. The normalized spacial score (nSPS) is 12.9. The summed E-state index contributed by atoms with van der Waals surface area (Å²) in [5, 5.41) is 0. The summed E-state index contributed by atoms with van der Waals surface area (Å²) in [5.74, 6) is 1.81. The van der Waals surface area contributed by atoms with Gasteiger partial charge in [0, 0.05) is 15.5 Å². The van der Waals surface area contributed by atoms with Crippen LogP contribution in [0.5, 0.6) is 11.5 Å². The minimum absolute atomic E-state index is 0.378. The van der Waals surface area contributed by atoms with Gasteiger partial charge in [-0.25, -0.2) is 4.52 Å². The van der Waals surface area contributed by atoms with Crippen molar-refractivity contribution in [3.63, 3.8) is 0 Å². The molecule has 6 heteroatoms. The molecule has 0 amide bonds. The van der Waals surface area contributed by atoms with Crippen LogP contribution in [0.15, 0.2) is 30.0 Å². The van der Waals surface area contributed by atoms with E-state index in [1.54, 1.807) is 27.2 Å². The summed E-state index contributed by atoms with van der Waals surface area (Å²) >= 11 is 0. The molecule has 0 radical (unpaired) electrons. The second-order valence-corrected chi connectivity index (χ2v) is 5.53. The lowest BCUT2D eigenvalue weighted by Gasteiger charge is -2.24. The molecule has 1 rings (SSSR count). The molecule has 0 saturated carbocycles. The Hall–Kier alpha value is -1.58. The summed E-state index contributed by atoms with van der Waals surface area (Å²) in [6.07, 6.45) is 1.77. The van der Waals surface area contributed by atoms with Crippen LogP contribution in [0.2, 0.25) is 0 Å². The molecule has 0 saturated heterocycles. The van der Waals surface area contributed by atoms with Gasteiger partial charge in [-0.1, -0.05) is 13.8 Å². The van der Waals surface area contributed by atoms with Gasteiger partial charge in [-0.3, -0.25) is 0 Å². The number of rotatable bonds is 6. The minimum atomic E-state index is -2.66. The van der Waals surface area contributed by atoms with Gasteiger partial charge in [0.2, 0.25) is 0 Å². The zero-order valence-corrected chi connectivity index (χ0v) is 13.2. The van der Waals surface area contributed by atoms with E-state index in [9.17, 15) is 4.57 Å². The quantitative estimate of drug-likeness (QED) is 0.643. The van der Waals surface area contributed by atoms with Gasteiger partial charge in [0.1, 0.15) is 11.5 Å². The Kier molecular flexibility index (Phi) is 5.54. The zero-order chi connectivity index (χ0) is 15.3. The zero-order valence-electron chi connectivity index (χ0n) is 12.3. The van der Waals surface area contributed by atoms with Crippen molar-refractivity contribution in [2.75, 3.05) is 14.2 Å². The average molecular weight is 299 g/mol. The molecule has 0 aromatic heterocycles. The van der Waals surface area contributed by atoms with Crippen LogP contribution < -0.4 is 9.47 Å². The van der Waals surface area contributed by atoms with Crippen LogP contribution >= 0.6 is 8.25 Å². The summed E-state index contributed by atoms with van der Waals surface area (Å²) in [6, 6.07) is 5.52. The summed E-state index contributed by atoms with van der Waals surface area (Å²) in [5.41, 5.74) is 0.449. The van der Waals surface area contributed by atoms with Gasteiger partial charge >= 0.3 is 8.25 Å². The van der Waals surface area contributed by atoms with E-state index >= 15 is 0 Å². The Balaban J connectivity index is 3.22. The first-order valence-electron chi connectivity index (χ1n) is 6.06. The molecule has 0 bridgehead atoms. The molecule has 20 heavy (non-hydrogen) atoms. The molecule has 1 aromatic carbocycles. The van der Waals surface area contributed by atoms with E-state index in [1.165, 1.54) is 0 Å². The van der Waals surface area contributed by atoms with Crippen LogP contribution in [-0.4, -0.2) is 19.1 Å². The maximum atomic E-state index is 10.7. The van der Waals surface area contributed by atoms with Gasteiger partial charge in [-0.2, -0.15) is 0 Å². The lowest BCUT2D eigenvalue weighted by molar-refractivity contribution is 0.347. The van der Waals surface area contributed by atoms with Gasteiger partial charge in [-0.05, 0) is 31.2 Å². The van der Waals surface area contributed by atoms with Crippen LogP contribution in [0.1, 0.15) is 26.3 Å². The smallest absolute Gasteiger partial charge is 0.497 e. The number of benzene rings is 1. The van der Waals surface area contributed by atoms with E-state index in [-0.39, 0.29) is 0 Å². The van der Waals surface area contributed by atoms with Crippen molar-refractivity contribution in [3.05, 3.63) is 35.6 Å². The van der Waals surface area contributed by atoms with Crippen LogP contribution in [0, 0.1) is 0 Å². The Bertz CT molecular complexity index is 522. The first kappa shape index (κ1) is 16.5. The topological polar surface area (TPSA) is 65.0 Å². The average Bonchev–Trinajstić information content (AvgIpc) is 2.36. The Labute approximate surface area is 120 Å². The fraction of sp³-hybridized carbons (Fsp3) is 0.429. The van der Waals surface area contributed by atoms with E-state index in [1.807, 2.05) is 32.0 Å². The van der Waals surface area contributed by atoms with Gasteiger partial charge in [-0.15, -0.1) is 4.89 Å². The third-order valence-corrected chi connectivity index (χ3v) is 3.33. The van der Waals surface area contributed by atoms with Crippen molar-refractivity contribution < 1.29 is 23.5 Å². The second-order valence-electron chi connectivity index (χ2n) is 4.87. The van der Waals surface area contributed by atoms with E-state index in [0.717, 1.165) is 5.56 Å². The second kappa shape index (κ2) is 6.73. The maximum Gasteiger partial charge on any atom is 0.747 e.